The Morgan fingerprint density at radius 3 is 2.38 bits per heavy atom. The lowest BCUT2D eigenvalue weighted by molar-refractivity contribution is -0.384. The van der Waals surface area contributed by atoms with Crippen LogP contribution in [0.3, 0.4) is 0 Å². The summed E-state index contributed by atoms with van der Waals surface area (Å²) in [4.78, 5) is 25.8. The molecule has 7 heteroatoms. The third kappa shape index (κ3) is 4.21. The van der Waals surface area contributed by atoms with E-state index >= 15 is 0 Å². The smallest absolute Gasteiger partial charge is 0.271 e. The number of benzene rings is 3. The SMILES string of the molecule is O=C1/C(=C/c2ccc(-c3ccc(Br)cc3)o2)C=C(c2ccccc2)N1c1cccc([N+](=O)[O-])c1. The van der Waals surface area contributed by atoms with Crippen LogP contribution in [0.4, 0.5) is 11.4 Å². The van der Waals surface area contributed by atoms with Gasteiger partial charge in [0, 0.05) is 27.7 Å². The second-order valence-electron chi connectivity index (χ2n) is 7.62. The number of nitro benzene ring substituents is 1. The number of carbonyl (C=O) groups is 1. The predicted octanol–water partition coefficient (Wildman–Crippen LogP) is 7.09. The Bertz CT molecular complexity index is 1450. The molecule has 0 saturated carbocycles. The van der Waals surface area contributed by atoms with E-state index in [4.69, 9.17) is 4.42 Å². The molecule has 0 radical (unpaired) electrons. The minimum atomic E-state index is -0.473. The molecule has 5 rings (SSSR count). The Morgan fingerprint density at radius 1 is 0.882 bits per heavy atom. The Labute approximate surface area is 203 Å². The van der Waals surface area contributed by atoms with Crippen LogP contribution < -0.4 is 4.90 Å². The number of anilines is 1. The van der Waals surface area contributed by atoms with Gasteiger partial charge >= 0.3 is 0 Å². The van der Waals surface area contributed by atoms with Crippen LogP contribution in [0.5, 0.6) is 0 Å². The number of hydrogen-bond acceptors (Lipinski definition) is 4. The fraction of sp³-hybridized carbons (Fsp3) is 0. The number of nitrogens with zero attached hydrogens (tertiary/aromatic N) is 2. The van der Waals surface area contributed by atoms with E-state index in [1.54, 1.807) is 24.3 Å². The van der Waals surface area contributed by atoms with E-state index < -0.39 is 4.92 Å². The van der Waals surface area contributed by atoms with Crippen LogP contribution in [0.2, 0.25) is 0 Å². The van der Waals surface area contributed by atoms with Gasteiger partial charge < -0.3 is 4.42 Å². The summed E-state index contributed by atoms with van der Waals surface area (Å²) in [6.07, 6.45) is 3.46. The van der Waals surface area contributed by atoms with Crippen LogP contribution in [0.15, 0.2) is 112 Å². The van der Waals surface area contributed by atoms with Gasteiger partial charge in [-0.3, -0.25) is 19.8 Å². The van der Waals surface area contributed by atoms with Gasteiger partial charge in [-0.05, 0) is 48.0 Å². The van der Waals surface area contributed by atoms with Gasteiger partial charge in [-0.25, -0.2) is 0 Å². The lowest BCUT2D eigenvalue weighted by Crippen LogP contribution is -2.25. The van der Waals surface area contributed by atoms with E-state index in [9.17, 15) is 14.9 Å². The number of halogens is 1. The largest absolute Gasteiger partial charge is 0.457 e. The molecule has 1 amide bonds. The van der Waals surface area contributed by atoms with Crippen LogP contribution >= 0.6 is 15.9 Å². The van der Waals surface area contributed by atoms with Crippen molar-refractivity contribution in [1.82, 2.24) is 0 Å². The Hall–Kier alpha value is -4.23. The minimum absolute atomic E-state index is 0.0830. The number of hydrogen-bond donors (Lipinski definition) is 0. The number of nitro groups is 1. The highest BCUT2D eigenvalue weighted by molar-refractivity contribution is 9.10. The predicted molar refractivity (Wildman–Crippen MR) is 135 cm³/mol. The molecule has 4 aromatic rings. The zero-order chi connectivity index (χ0) is 23.7. The molecular weight excluding hydrogens is 496 g/mol. The van der Waals surface area contributed by atoms with Gasteiger partial charge in [-0.2, -0.15) is 0 Å². The number of carbonyl (C=O) groups excluding carboxylic acids is 1. The molecule has 0 atom stereocenters. The molecule has 2 heterocycles. The lowest BCUT2D eigenvalue weighted by Gasteiger charge is -2.20. The second-order valence-corrected chi connectivity index (χ2v) is 8.54. The van der Waals surface area contributed by atoms with Crippen molar-refractivity contribution in [3.63, 3.8) is 0 Å². The van der Waals surface area contributed by atoms with Gasteiger partial charge in [0.05, 0.1) is 16.3 Å². The third-order valence-corrected chi connectivity index (χ3v) is 5.93. The summed E-state index contributed by atoms with van der Waals surface area (Å²) in [5.74, 6) is 0.930. The molecule has 0 spiro atoms. The maximum Gasteiger partial charge on any atom is 0.271 e. The average Bonchev–Trinajstić information content (AvgIpc) is 3.45. The molecule has 0 N–H and O–H groups in total. The summed E-state index contributed by atoms with van der Waals surface area (Å²) in [7, 11) is 0. The standard InChI is InChI=1S/C27H17BrN2O4/c28-21-11-9-19(10-12-21)26-14-13-24(34-26)15-20-16-25(18-5-2-1-3-6-18)29(27(20)31)22-7-4-8-23(17-22)30(32)33/h1-17H/b20-15+. The van der Waals surface area contributed by atoms with Crippen LogP contribution in [-0.2, 0) is 4.79 Å². The first-order chi connectivity index (χ1) is 16.5. The summed E-state index contributed by atoms with van der Waals surface area (Å²) < 4.78 is 6.94. The van der Waals surface area contributed by atoms with Crippen molar-refractivity contribution in [3.8, 4) is 11.3 Å². The van der Waals surface area contributed by atoms with Gasteiger partial charge in [0.1, 0.15) is 11.5 Å². The molecule has 1 aliphatic heterocycles. The van der Waals surface area contributed by atoms with Crippen molar-refractivity contribution in [2.45, 2.75) is 0 Å². The third-order valence-electron chi connectivity index (χ3n) is 5.40. The molecule has 6 nitrogen and oxygen atoms in total. The molecule has 3 aromatic carbocycles. The summed E-state index contributed by atoms with van der Waals surface area (Å²) in [6.45, 7) is 0. The fourth-order valence-corrected chi connectivity index (χ4v) is 4.06. The van der Waals surface area contributed by atoms with Crippen LogP contribution in [0.25, 0.3) is 23.1 Å². The summed E-state index contributed by atoms with van der Waals surface area (Å²) >= 11 is 3.42. The van der Waals surface area contributed by atoms with Gasteiger partial charge in [0.25, 0.3) is 11.6 Å². The van der Waals surface area contributed by atoms with Crippen LogP contribution in [-0.4, -0.2) is 10.8 Å². The zero-order valence-corrected chi connectivity index (χ0v) is 19.3. The minimum Gasteiger partial charge on any atom is -0.457 e. The van der Waals surface area contributed by atoms with Gasteiger partial charge in [0.2, 0.25) is 0 Å². The fourth-order valence-electron chi connectivity index (χ4n) is 3.79. The summed E-state index contributed by atoms with van der Waals surface area (Å²) in [5.41, 5.74) is 3.14. The van der Waals surface area contributed by atoms with Crippen molar-refractivity contribution in [1.29, 1.82) is 0 Å². The Kier molecular flexibility index (Phi) is 5.69. The zero-order valence-electron chi connectivity index (χ0n) is 17.7. The van der Waals surface area contributed by atoms with Crippen LogP contribution in [0.1, 0.15) is 11.3 Å². The number of non-ortho nitro benzene ring substituents is 1. The topological polar surface area (TPSA) is 76.6 Å². The van der Waals surface area contributed by atoms with E-state index in [1.807, 2.05) is 66.7 Å². The molecule has 1 aromatic heterocycles. The van der Waals surface area contributed by atoms with E-state index in [1.165, 1.54) is 17.0 Å². The normalized spacial score (nSPS) is 14.5. The Morgan fingerprint density at radius 2 is 1.65 bits per heavy atom. The highest BCUT2D eigenvalue weighted by Crippen LogP contribution is 2.37. The van der Waals surface area contributed by atoms with E-state index in [0.717, 1.165) is 15.6 Å². The molecule has 0 bridgehead atoms. The summed E-state index contributed by atoms with van der Waals surface area (Å²) in [6, 6.07) is 26.9. The van der Waals surface area contributed by atoms with Crippen molar-refractivity contribution in [2.24, 2.45) is 0 Å². The first-order valence-corrected chi connectivity index (χ1v) is 11.2. The van der Waals surface area contributed by atoms with E-state index in [-0.39, 0.29) is 11.6 Å². The molecule has 0 unspecified atom stereocenters. The molecule has 166 valence electrons. The molecule has 0 fully saturated rings. The molecule has 0 aliphatic carbocycles. The summed E-state index contributed by atoms with van der Waals surface area (Å²) in [5, 5.41) is 11.3. The van der Waals surface area contributed by atoms with Crippen molar-refractivity contribution in [3.05, 3.63) is 129 Å². The number of furan rings is 1. The average molecular weight is 513 g/mol. The maximum absolute atomic E-state index is 13.5. The quantitative estimate of drug-likeness (QED) is 0.162. The highest BCUT2D eigenvalue weighted by Gasteiger charge is 2.31. The number of amides is 1. The molecule has 0 saturated heterocycles. The van der Waals surface area contributed by atoms with Gasteiger partial charge in [0.15, 0.2) is 0 Å². The highest BCUT2D eigenvalue weighted by atomic mass is 79.9. The molecule has 1 aliphatic rings. The maximum atomic E-state index is 13.5. The monoisotopic (exact) mass is 512 g/mol. The molecule has 34 heavy (non-hydrogen) atoms. The van der Waals surface area contributed by atoms with Crippen molar-refractivity contribution < 1.29 is 14.1 Å². The second kappa shape index (κ2) is 8.96. The Balaban J connectivity index is 1.55. The first-order valence-electron chi connectivity index (χ1n) is 10.4. The van der Waals surface area contributed by atoms with Crippen molar-refractivity contribution >= 4 is 45.0 Å². The van der Waals surface area contributed by atoms with Crippen LogP contribution in [0, 0.1) is 10.1 Å². The van der Waals surface area contributed by atoms with E-state index in [0.29, 0.717) is 28.5 Å². The van der Waals surface area contributed by atoms with Crippen molar-refractivity contribution in [2.75, 3.05) is 4.90 Å². The number of rotatable bonds is 5. The first kappa shape index (κ1) is 21.6. The lowest BCUT2D eigenvalue weighted by atomic mass is 10.1. The van der Waals surface area contributed by atoms with E-state index in [2.05, 4.69) is 15.9 Å². The molecular formula is C27H17BrN2O4. The van der Waals surface area contributed by atoms with Gasteiger partial charge in [-0.15, -0.1) is 0 Å². The van der Waals surface area contributed by atoms with Gasteiger partial charge in [-0.1, -0.05) is 64.5 Å².